The molecule has 1 amide bonds. The number of nitrogens with one attached hydrogen (secondary N) is 3. The van der Waals surface area contributed by atoms with Crippen LogP contribution in [0.1, 0.15) is 17.0 Å². The molecular formula is C19H28ClN5O+2. The van der Waals surface area contributed by atoms with Crippen LogP contribution in [0.5, 0.6) is 0 Å². The highest BCUT2D eigenvalue weighted by atomic mass is 35.5. The maximum Gasteiger partial charge on any atom is 0.279 e. The van der Waals surface area contributed by atoms with Crippen molar-refractivity contribution in [1.82, 2.24) is 9.78 Å². The molecule has 26 heavy (non-hydrogen) atoms. The molecule has 1 saturated heterocycles. The summed E-state index contributed by atoms with van der Waals surface area (Å²) in [5, 5.41) is 8.18. The predicted molar refractivity (Wildman–Crippen MR) is 103 cm³/mol. The van der Waals surface area contributed by atoms with Crippen LogP contribution < -0.4 is 15.1 Å². The molecule has 1 aromatic carbocycles. The van der Waals surface area contributed by atoms with E-state index in [9.17, 15) is 4.79 Å². The molecule has 1 aromatic heterocycles. The number of benzene rings is 1. The second-order valence-corrected chi connectivity index (χ2v) is 7.64. The first-order valence-corrected chi connectivity index (χ1v) is 9.52. The number of halogens is 1. The lowest BCUT2D eigenvalue weighted by atomic mass is 10.2. The molecule has 0 radical (unpaired) electrons. The Morgan fingerprint density at radius 2 is 1.92 bits per heavy atom. The Bertz CT molecular complexity index is 780. The average Bonchev–Trinajstić information content (AvgIpc) is 2.83. The van der Waals surface area contributed by atoms with Gasteiger partial charge in [-0.25, -0.2) is 0 Å². The van der Waals surface area contributed by atoms with E-state index in [-0.39, 0.29) is 5.91 Å². The third kappa shape index (κ3) is 4.63. The minimum absolute atomic E-state index is 0.0671. The van der Waals surface area contributed by atoms with Gasteiger partial charge in [0.15, 0.2) is 6.54 Å². The van der Waals surface area contributed by atoms with Crippen LogP contribution in [0.3, 0.4) is 0 Å². The molecule has 6 nitrogen and oxygen atoms in total. The second-order valence-electron chi connectivity index (χ2n) is 7.20. The molecule has 0 saturated carbocycles. The number of hydrogen-bond acceptors (Lipinski definition) is 2. The first-order chi connectivity index (χ1) is 12.4. The Morgan fingerprint density at radius 1 is 1.23 bits per heavy atom. The van der Waals surface area contributed by atoms with Gasteiger partial charge in [-0.3, -0.25) is 9.48 Å². The number of nitrogens with zero attached hydrogens (tertiary/aromatic N) is 2. The van der Waals surface area contributed by atoms with E-state index in [1.165, 1.54) is 10.5 Å². The monoisotopic (exact) mass is 377 g/mol. The fraction of sp³-hybridized carbons (Fsp3) is 0.474. The summed E-state index contributed by atoms with van der Waals surface area (Å²) in [6, 6.07) is 8.09. The molecule has 1 fully saturated rings. The molecule has 0 atom stereocenters. The van der Waals surface area contributed by atoms with Crippen LogP contribution in [-0.2, 0) is 18.4 Å². The Hall–Kier alpha value is -1.89. The highest BCUT2D eigenvalue weighted by molar-refractivity contribution is 6.30. The molecule has 140 valence electrons. The SMILES string of the molecule is Cc1nn(C)c(C)c1NC(=O)C[NH+]1CC[NH+](Cc2cccc(Cl)c2)CC1. The average molecular weight is 378 g/mol. The van der Waals surface area contributed by atoms with Crippen molar-refractivity contribution in [1.29, 1.82) is 0 Å². The van der Waals surface area contributed by atoms with Crippen LogP contribution in [-0.4, -0.2) is 48.4 Å². The topological polar surface area (TPSA) is 55.8 Å². The molecule has 0 aliphatic carbocycles. The summed E-state index contributed by atoms with van der Waals surface area (Å²) in [7, 11) is 1.89. The number of anilines is 1. The molecule has 0 unspecified atom stereocenters. The number of amides is 1. The van der Waals surface area contributed by atoms with Gasteiger partial charge in [0.25, 0.3) is 5.91 Å². The second kappa shape index (κ2) is 8.20. The molecular weight excluding hydrogens is 350 g/mol. The molecule has 7 heteroatoms. The summed E-state index contributed by atoms with van der Waals surface area (Å²) in [6.45, 7) is 9.56. The van der Waals surface area contributed by atoms with E-state index < -0.39 is 0 Å². The minimum Gasteiger partial charge on any atom is -0.322 e. The molecule has 1 aliphatic heterocycles. The van der Waals surface area contributed by atoms with Crippen molar-refractivity contribution < 1.29 is 14.6 Å². The molecule has 3 N–H and O–H groups in total. The molecule has 0 bridgehead atoms. The van der Waals surface area contributed by atoms with Crippen LogP contribution in [0.25, 0.3) is 0 Å². The van der Waals surface area contributed by atoms with E-state index in [2.05, 4.69) is 16.5 Å². The van der Waals surface area contributed by atoms with Gasteiger partial charge in [-0.05, 0) is 26.0 Å². The lowest BCUT2D eigenvalue weighted by molar-refractivity contribution is -1.02. The maximum atomic E-state index is 12.4. The first-order valence-electron chi connectivity index (χ1n) is 9.14. The minimum atomic E-state index is 0.0671. The smallest absolute Gasteiger partial charge is 0.279 e. The van der Waals surface area contributed by atoms with Crippen molar-refractivity contribution in [2.75, 3.05) is 38.0 Å². The number of aromatic nitrogens is 2. The van der Waals surface area contributed by atoms with Gasteiger partial charge in [0.05, 0.1) is 17.1 Å². The van der Waals surface area contributed by atoms with Gasteiger partial charge in [0, 0.05) is 17.6 Å². The number of hydrogen-bond donors (Lipinski definition) is 3. The Balaban J connectivity index is 1.47. The van der Waals surface area contributed by atoms with Gasteiger partial charge in [-0.1, -0.05) is 23.7 Å². The summed E-state index contributed by atoms with van der Waals surface area (Å²) in [5.74, 6) is 0.0671. The first kappa shape index (κ1) is 18.9. The quantitative estimate of drug-likeness (QED) is 0.665. The maximum absolute atomic E-state index is 12.4. The summed E-state index contributed by atoms with van der Waals surface area (Å²) >= 11 is 6.07. The predicted octanol–water partition coefficient (Wildman–Crippen LogP) is -0.388. The zero-order valence-electron chi connectivity index (χ0n) is 15.7. The van der Waals surface area contributed by atoms with Crippen molar-refractivity contribution in [2.45, 2.75) is 20.4 Å². The summed E-state index contributed by atoms with van der Waals surface area (Å²) in [5.41, 5.74) is 3.98. The van der Waals surface area contributed by atoms with Gasteiger partial charge >= 0.3 is 0 Å². The van der Waals surface area contributed by atoms with Crippen LogP contribution >= 0.6 is 11.6 Å². The standard InChI is InChI=1S/C19H26ClN5O/c1-14-19(15(2)23(3)22-14)21-18(26)13-25-9-7-24(8-10-25)12-16-5-4-6-17(20)11-16/h4-6,11H,7-10,12-13H2,1-3H3,(H,21,26)/p+2. The van der Waals surface area contributed by atoms with E-state index in [4.69, 9.17) is 11.6 Å². The molecule has 1 aliphatic rings. The molecule has 2 heterocycles. The van der Waals surface area contributed by atoms with E-state index in [1.807, 2.05) is 39.1 Å². The fourth-order valence-electron chi connectivity index (χ4n) is 3.61. The number of rotatable bonds is 5. The number of piperazine rings is 1. The van der Waals surface area contributed by atoms with Gasteiger partial charge in [-0.2, -0.15) is 5.10 Å². The van der Waals surface area contributed by atoms with Crippen molar-refractivity contribution in [3.05, 3.63) is 46.2 Å². The molecule has 0 spiro atoms. The van der Waals surface area contributed by atoms with E-state index in [0.717, 1.165) is 54.8 Å². The van der Waals surface area contributed by atoms with Crippen LogP contribution in [0.2, 0.25) is 5.02 Å². The zero-order chi connectivity index (χ0) is 18.7. The third-order valence-corrected chi connectivity index (χ3v) is 5.43. The van der Waals surface area contributed by atoms with Crippen molar-refractivity contribution in [2.24, 2.45) is 7.05 Å². The largest absolute Gasteiger partial charge is 0.322 e. The normalized spacial score (nSPS) is 20.2. The van der Waals surface area contributed by atoms with E-state index >= 15 is 0 Å². The number of aryl methyl sites for hydroxylation is 2. The summed E-state index contributed by atoms with van der Waals surface area (Å²) < 4.78 is 1.80. The Morgan fingerprint density at radius 3 is 2.54 bits per heavy atom. The fourth-order valence-corrected chi connectivity index (χ4v) is 3.82. The molecule has 3 rings (SSSR count). The van der Waals surface area contributed by atoms with E-state index in [1.54, 1.807) is 9.58 Å². The van der Waals surface area contributed by atoms with Gasteiger partial charge < -0.3 is 15.1 Å². The van der Waals surface area contributed by atoms with Crippen molar-refractivity contribution >= 4 is 23.2 Å². The zero-order valence-corrected chi connectivity index (χ0v) is 16.5. The number of quaternary nitrogens is 2. The van der Waals surface area contributed by atoms with Crippen LogP contribution in [0.15, 0.2) is 24.3 Å². The molecule has 2 aromatic rings. The lowest BCUT2D eigenvalue weighted by Crippen LogP contribution is -3.28. The highest BCUT2D eigenvalue weighted by Gasteiger charge is 2.25. The van der Waals surface area contributed by atoms with Crippen molar-refractivity contribution in [3.8, 4) is 0 Å². The van der Waals surface area contributed by atoms with Crippen LogP contribution in [0, 0.1) is 13.8 Å². The van der Waals surface area contributed by atoms with Gasteiger partial charge in [0.1, 0.15) is 32.7 Å². The highest BCUT2D eigenvalue weighted by Crippen LogP contribution is 2.17. The van der Waals surface area contributed by atoms with Crippen molar-refractivity contribution in [3.63, 3.8) is 0 Å². The Kier molecular flexibility index (Phi) is 5.96. The summed E-state index contributed by atoms with van der Waals surface area (Å²) in [4.78, 5) is 15.3. The lowest BCUT2D eigenvalue weighted by Gasteiger charge is -2.29. The van der Waals surface area contributed by atoms with Crippen LogP contribution in [0.4, 0.5) is 5.69 Å². The number of carbonyl (C=O) groups is 1. The van der Waals surface area contributed by atoms with E-state index in [0.29, 0.717) is 6.54 Å². The summed E-state index contributed by atoms with van der Waals surface area (Å²) in [6.07, 6.45) is 0. The van der Waals surface area contributed by atoms with Gasteiger partial charge in [-0.15, -0.1) is 0 Å². The van der Waals surface area contributed by atoms with Gasteiger partial charge in [0.2, 0.25) is 0 Å². The Labute approximate surface area is 159 Å². The number of carbonyl (C=O) groups excluding carboxylic acids is 1. The third-order valence-electron chi connectivity index (χ3n) is 5.19.